The highest BCUT2D eigenvalue weighted by molar-refractivity contribution is 5.78. The molecule has 0 aliphatic carbocycles. The highest BCUT2D eigenvalue weighted by atomic mass is 16.4. The molecule has 0 spiro atoms. The number of aliphatic carboxylic acids is 1. The molecule has 1 aromatic rings. The fraction of sp³-hybridized carbons (Fsp3) is 0.562. The molecule has 0 amide bonds. The summed E-state index contributed by atoms with van der Waals surface area (Å²) in [7, 11) is 0. The number of hydrogen-bond donors (Lipinski definition) is 2. The minimum absolute atomic E-state index is 0.548. The first-order chi connectivity index (χ1) is 9.56. The number of nitrogens with zero attached hydrogens (tertiary/aromatic N) is 1. The Balaban J connectivity index is 2.16. The summed E-state index contributed by atoms with van der Waals surface area (Å²) < 4.78 is 0. The van der Waals surface area contributed by atoms with Crippen molar-refractivity contribution in [2.75, 3.05) is 26.2 Å². The van der Waals surface area contributed by atoms with Gasteiger partial charge in [0.25, 0.3) is 0 Å². The molecule has 1 saturated heterocycles. The predicted molar refractivity (Wildman–Crippen MR) is 80.0 cm³/mol. The first-order valence-electron chi connectivity index (χ1n) is 7.33. The number of carbonyl (C=O) groups is 1. The largest absolute Gasteiger partial charge is 0.480 e. The van der Waals surface area contributed by atoms with Gasteiger partial charge in [0.1, 0.15) is 5.54 Å². The van der Waals surface area contributed by atoms with Gasteiger partial charge in [-0.05, 0) is 24.5 Å². The van der Waals surface area contributed by atoms with E-state index in [2.05, 4.69) is 41.4 Å². The first-order valence-corrected chi connectivity index (χ1v) is 7.33. The van der Waals surface area contributed by atoms with Crippen LogP contribution in [0.15, 0.2) is 24.3 Å². The molecule has 1 atom stereocenters. The standard InChI is InChI=1S/C16H24N2O2/c1-3-13-4-6-14(7-5-13)12-16(2,15(19)20)18-10-8-17-9-11-18/h4-7,17H,3,8-12H2,1-2H3,(H,19,20). The van der Waals surface area contributed by atoms with E-state index >= 15 is 0 Å². The third-order valence-corrected chi connectivity index (χ3v) is 4.26. The van der Waals surface area contributed by atoms with E-state index in [9.17, 15) is 9.90 Å². The van der Waals surface area contributed by atoms with Crippen molar-refractivity contribution in [2.24, 2.45) is 0 Å². The highest BCUT2D eigenvalue weighted by Gasteiger charge is 2.39. The molecule has 0 radical (unpaired) electrons. The first kappa shape index (κ1) is 15.0. The summed E-state index contributed by atoms with van der Waals surface area (Å²) in [5, 5.41) is 13.0. The maximum absolute atomic E-state index is 11.8. The number of aryl methyl sites for hydroxylation is 1. The van der Waals surface area contributed by atoms with Crippen LogP contribution in [0.2, 0.25) is 0 Å². The second kappa shape index (κ2) is 6.37. The number of benzene rings is 1. The Hall–Kier alpha value is -1.39. The van der Waals surface area contributed by atoms with E-state index in [0.29, 0.717) is 6.42 Å². The smallest absolute Gasteiger partial charge is 0.324 e. The van der Waals surface area contributed by atoms with Gasteiger partial charge >= 0.3 is 5.97 Å². The summed E-state index contributed by atoms with van der Waals surface area (Å²) in [6.07, 6.45) is 1.56. The molecule has 1 heterocycles. The lowest BCUT2D eigenvalue weighted by Gasteiger charge is -2.40. The average Bonchev–Trinajstić information content (AvgIpc) is 2.48. The van der Waals surface area contributed by atoms with Crippen LogP contribution in [-0.2, 0) is 17.6 Å². The topological polar surface area (TPSA) is 52.6 Å². The van der Waals surface area contributed by atoms with Crippen molar-refractivity contribution in [3.63, 3.8) is 0 Å². The van der Waals surface area contributed by atoms with Crippen molar-refractivity contribution >= 4 is 5.97 Å². The Labute approximate surface area is 120 Å². The van der Waals surface area contributed by atoms with Crippen LogP contribution in [0.5, 0.6) is 0 Å². The molecule has 110 valence electrons. The quantitative estimate of drug-likeness (QED) is 0.856. The summed E-state index contributed by atoms with van der Waals surface area (Å²) >= 11 is 0. The van der Waals surface area contributed by atoms with E-state index in [4.69, 9.17) is 0 Å². The van der Waals surface area contributed by atoms with Gasteiger partial charge in [0.05, 0.1) is 0 Å². The van der Waals surface area contributed by atoms with Gasteiger partial charge in [-0.15, -0.1) is 0 Å². The Morgan fingerprint density at radius 2 is 1.80 bits per heavy atom. The second-order valence-corrected chi connectivity index (χ2v) is 5.66. The van der Waals surface area contributed by atoms with Crippen LogP contribution in [0.4, 0.5) is 0 Å². The molecule has 1 unspecified atom stereocenters. The molecular weight excluding hydrogens is 252 g/mol. The Morgan fingerprint density at radius 3 is 2.30 bits per heavy atom. The zero-order chi connectivity index (χ0) is 14.6. The van der Waals surface area contributed by atoms with Crippen LogP contribution >= 0.6 is 0 Å². The SMILES string of the molecule is CCc1ccc(CC(C)(C(=O)O)N2CCNCC2)cc1. The molecule has 0 aromatic heterocycles. The monoisotopic (exact) mass is 276 g/mol. The summed E-state index contributed by atoms with van der Waals surface area (Å²) in [4.78, 5) is 13.9. The van der Waals surface area contributed by atoms with Crippen LogP contribution in [0, 0.1) is 0 Å². The Morgan fingerprint density at radius 1 is 1.25 bits per heavy atom. The number of carboxylic acid groups (broad SMARTS) is 1. The predicted octanol–water partition coefficient (Wildman–Crippen LogP) is 1.54. The number of rotatable bonds is 5. The molecule has 1 aromatic carbocycles. The molecule has 0 saturated carbocycles. The molecule has 0 bridgehead atoms. The highest BCUT2D eigenvalue weighted by Crippen LogP contribution is 2.22. The number of piperazine rings is 1. The molecular formula is C16H24N2O2. The van der Waals surface area contributed by atoms with Gasteiger partial charge in [0.15, 0.2) is 0 Å². The van der Waals surface area contributed by atoms with Crippen molar-refractivity contribution in [3.8, 4) is 0 Å². The van der Waals surface area contributed by atoms with Gasteiger partial charge in [0, 0.05) is 32.6 Å². The minimum atomic E-state index is -0.824. The molecule has 4 heteroatoms. The third kappa shape index (κ3) is 3.19. The molecule has 1 fully saturated rings. The zero-order valence-electron chi connectivity index (χ0n) is 12.4. The van der Waals surface area contributed by atoms with Crippen LogP contribution in [0.25, 0.3) is 0 Å². The third-order valence-electron chi connectivity index (χ3n) is 4.26. The summed E-state index contributed by atoms with van der Waals surface area (Å²) in [5.74, 6) is -0.737. The fourth-order valence-electron chi connectivity index (χ4n) is 2.77. The molecule has 2 N–H and O–H groups in total. The summed E-state index contributed by atoms with van der Waals surface area (Å²) in [6.45, 7) is 7.26. The minimum Gasteiger partial charge on any atom is -0.480 e. The van der Waals surface area contributed by atoms with Crippen LogP contribution in [-0.4, -0.2) is 47.7 Å². The van der Waals surface area contributed by atoms with Gasteiger partial charge in [-0.25, -0.2) is 0 Å². The van der Waals surface area contributed by atoms with Crippen molar-refractivity contribution in [1.29, 1.82) is 0 Å². The summed E-state index contributed by atoms with van der Waals surface area (Å²) in [6, 6.07) is 8.30. The van der Waals surface area contributed by atoms with E-state index in [0.717, 1.165) is 38.2 Å². The lowest BCUT2D eigenvalue weighted by molar-refractivity contribution is -0.151. The Bertz CT molecular complexity index is 452. The maximum Gasteiger partial charge on any atom is 0.324 e. The lowest BCUT2D eigenvalue weighted by Crippen LogP contribution is -2.59. The average molecular weight is 276 g/mol. The normalized spacial score (nSPS) is 19.5. The number of carboxylic acids is 1. The lowest BCUT2D eigenvalue weighted by atomic mass is 9.90. The summed E-state index contributed by atoms with van der Waals surface area (Å²) in [5.41, 5.74) is 1.55. The van der Waals surface area contributed by atoms with E-state index in [1.165, 1.54) is 5.56 Å². The molecule has 1 aliphatic heterocycles. The van der Waals surface area contributed by atoms with Crippen LogP contribution < -0.4 is 5.32 Å². The van der Waals surface area contributed by atoms with Gasteiger partial charge in [-0.1, -0.05) is 31.2 Å². The van der Waals surface area contributed by atoms with Crippen LogP contribution in [0.3, 0.4) is 0 Å². The van der Waals surface area contributed by atoms with Gasteiger partial charge in [-0.2, -0.15) is 0 Å². The molecule has 2 rings (SSSR count). The van der Waals surface area contributed by atoms with E-state index in [-0.39, 0.29) is 0 Å². The number of hydrogen-bond acceptors (Lipinski definition) is 3. The van der Waals surface area contributed by atoms with Crippen molar-refractivity contribution in [3.05, 3.63) is 35.4 Å². The fourth-order valence-corrected chi connectivity index (χ4v) is 2.77. The van der Waals surface area contributed by atoms with Gasteiger partial charge in [-0.3, -0.25) is 9.69 Å². The Kier molecular flexibility index (Phi) is 4.78. The van der Waals surface area contributed by atoms with Gasteiger partial charge < -0.3 is 10.4 Å². The van der Waals surface area contributed by atoms with Crippen molar-refractivity contribution in [2.45, 2.75) is 32.2 Å². The van der Waals surface area contributed by atoms with Crippen LogP contribution in [0.1, 0.15) is 25.0 Å². The maximum atomic E-state index is 11.8. The zero-order valence-corrected chi connectivity index (χ0v) is 12.4. The second-order valence-electron chi connectivity index (χ2n) is 5.66. The molecule has 1 aliphatic rings. The van der Waals surface area contributed by atoms with E-state index in [1.54, 1.807) is 0 Å². The van der Waals surface area contributed by atoms with Gasteiger partial charge in [0.2, 0.25) is 0 Å². The molecule has 4 nitrogen and oxygen atoms in total. The van der Waals surface area contributed by atoms with Crippen molar-refractivity contribution in [1.82, 2.24) is 10.2 Å². The van der Waals surface area contributed by atoms with E-state index < -0.39 is 11.5 Å². The number of nitrogens with one attached hydrogen (secondary N) is 1. The van der Waals surface area contributed by atoms with E-state index in [1.807, 2.05) is 6.92 Å². The van der Waals surface area contributed by atoms with Crippen molar-refractivity contribution < 1.29 is 9.90 Å². The molecule has 20 heavy (non-hydrogen) atoms.